The van der Waals surface area contributed by atoms with Gasteiger partial charge in [0, 0.05) is 6.42 Å². The predicted molar refractivity (Wildman–Crippen MR) is 54.9 cm³/mol. The molecule has 0 aromatic rings. The van der Waals surface area contributed by atoms with E-state index < -0.39 is 5.97 Å². The van der Waals surface area contributed by atoms with Crippen LogP contribution in [0.5, 0.6) is 0 Å². The van der Waals surface area contributed by atoms with E-state index in [-0.39, 0.29) is 5.41 Å². The lowest BCUT2D eigenvalue weighted by atomic mass is 9.72. The first-order valence-corrected chi connectivity index (χ1v) is 5.57. The van der Waals surface area contributed by atoms with Crippen LogP contribution >= 0.6 is 0 Å². The summed E-state index contributed by atoms with van der Waals surface area (Å²) < 4.78 is 0. The molecule has 0 spiro atoms. The third-order valence-corrected chi connectivity index (χ3v) is 4.05. The van der Waals surface area contributed by atoms with Gasteiger partial charge in [-0.3, -0.25) is 4.79 Å². The number of allylic oxidation sites excluding steroid dienone is 2. The Morgan fingerprint density at radius 1 is 1.71 bits per heavy atom. The maximum absolute atomic E-state index is 10.8. The second-order valence-corrected chi connectivity index (χ2v) is 4.80. The molecule has 2 aliphatic carbocycles. The number of fused-ring (bicyclic) bond motifs is 2. The summed E-state index contributed by atoms with van der Waals surface area (Å²) in [6.45, 7) is 2.11. The Hall–Kier alpha value is -0.790. The Labute approximate surface area is 85.0 Å². The van der Waals surface area contributed by atoms with Crippen molar-refractivity contribution in [2.75, 3.05) is 0 Å². The van der Waals surface area contributed by atoms with Gasteiger partial charge in [-0.2, -0.15) is 0 Å². The van der Waals surface area contributed by atoms with Crippen molar-refractivity contribution < 1.29 is 9.90 Å². The minimum Gasteiger partial charge on any atom is -0.481 e. The van der Waals surface area contributed by atoms with E-state index in [1.807, 2.05) is 0 Å². The van der Waals surface area contributed by atoms with Gasteiger partial charge in [0.15, 0.2) is 0 Å². The van der Waals surface area contributed by atoms with Crippen molar-refractivity contribution in [1.29, 1.82) is 0 Å². The van der Waals surface area contributed by atoms with E-state index in [1.165, 1.54) is 19.3 Å². The Morgan fingerprint density at radius 3 is 2.86 bits per heavy atom. The normalized spacial score (nSPS) is 36.2. The molecule has 1 N–H and O–H groups in total. The van der Waals surface area contributed by atoms with Crippen molar-refractivity contribution in [2.45, 2.75) is 39.0 Å². The molecule has 1 fully saturated rings. The Bertz CT molecular complexity index is 269. The maximum Gasteiger partial charge on any atom is 0.303 e. The molecule has 0 radical (unpaired) electrons. The predicted octanol–water partition coefficient (Wildman–Crippen LogP) is 2.84. The summed E-state index contributed by atoms with van der Waals surface area (Å²) in [4.78, 5) is 10.8. The largest absolute Gasteiger partial charge is 0.481 e. The quantitative estimate of drug-likeness (QED) is 0.699. The topological polar surface area (TPSA) is 37.3 Å². The number of carboxylic acid groups (broad SMARTS) is 1. The minimum atomic E-state index is -0.644. The van der Waals surface area contributed by atoms with Crippen LogP contribution in [0.3, 0.4) is 0 Å². The third kappa shape index (κ3) is 1.47. The van der Waals surface area contributed by atoms with Crippen LogP contribution in [-0.4, -0.2) is 11.1 Å². The average Bonchev–Trinajstić information content (AvgIpc) is 2.74. The molecule has 2 heteroatoms. The highest BCUT2D eigenvalue weighted by molar-refractivity contribution is 5.67. The summed E-state index contributed by atoms with van der Waals surface area (Å²) in [6.07, 6.45) is 9.62. The number of carboxylic acids is 1. The van der Waals surface area contributed by atoms with Crippen LogP contribution in [-0.2, 0) is 4.79 Å². The molecule has 3 unspecified atom stereocenters. The molecule has 0 amide bonds. The van der Waals surface area contributed by atoms with Crippen LogP contribution in [0.4, 0.5) is 0 Å². The number of rotatable bonds is 4. The Balaban J connectivity index is 2.11. The smallest absolute Gasteiger partial charge is 0.303 e. The molecule has 14 heavy (non-hydrogen) atoms. The molecule has 3 atom stereocenters. The number of hydrogen-bond acceptors (Lipinski definition) is 1. The van der Waals surface area contributed by atoms with Crippen LogP contribution < -0.4 is 0 Å². The SMILES string of the molecule is CCC(CC(=O)O)C12C=CC(CC1)C2. The van der Waals surface area contributed by atoms with E-state index in [1.54, 1.807) is 0 Å². The van der Waals surface area contributed by atoms with E-state index >= 15 is 0 Å². The summed E-state index contributed by atoms with van der Waals surface area (Å²) in [5.74, 6) is 0.455. The van der Waals surface area contributed by atoms with E-state index in [9.17, 15) is 4.79 Å². The summed E-state index contributed by atoms with van der Waals surface area (Å²) in [5, 5.41) is 8.87. The molecular weight excluding hydrogens is 176 g/mol. The lowest BCUT2D eigenvalue weighted by Crippen LogP contribution is -2.26. The van der Waals surface area contributed by atoms with Gasteiger partial charge in [0.2, 0.25) is 0 Å². The van der Waals surface area contributed by atoms with E-state index in [2.05, 4.69) is 19.1 Å². The molecule has 2 aliphatic rings. The van der Waals surface area contributed by atoms with E-state index in [4.69, 9.17) is 5.11 Å². The molecule has 2 bridgehead atoms. The molecule has 2 nitrogen and oxygen atoms in total. The highest BCUT2D eigenvalue weighted by Crippen LogP contribution is 2.55. The van der Waals surface area contributed by atoms with Crippen LogP contribution in [0, 0.1) is 17.3 Å². The summed E-state index contributed by atoms with van der Waals surface area (Å²) in [6, 6.07) is 0. The molecule has 1 saturated carbocycles. The van der Waals surface area contributed by atoms with Crippen LogP contribution in [0.15, 0.2) is 12.2 Å². The van der Waals surface area contributed by atoms with Gasteiger partial charge in [0.1, 0.15) is 0 Å². The lowest BCUT2D eigenvalue weighted by Gasteiger charge is -2.32. The van der Waals surface area contributed by atoms with Crippen LogP contribution in [0.25, 0.3) is 0 Å². The van der Waals surface area contributed by atoms with Gasteiger partial charge >= 0.3 is 5.97 Å². The van der Waals surface area contributed by atoms with Gasteiger partial charge in [-0.15, -0.1) is 0 Å². The number of hydrogen-bond donors (Lipinski definition) is 1. The molecule has 2 rings (SSSR count). The van der Waals surface area contributed by atoms with Gasteiger partial charge in [0.25, 0.3) is 0 Å². The van der Waals surface area contributed by atoms with Gasteiger partial charge < -0.3 is 5.11 Å². The first-order valence-electron chi connectivity index (χ1n) is 5.57. The Morgan fingerprint density at radius 2 is 2.50 bits per heavy atom. The highest BCUT2D eigenvalue weighted by Gasteiger charge is 2.45. The fourth-order valence-electron chi connectivity index (χ4n) is 3.26. The Kier molecular flexibility index (Phi) is 2.38. The minimum absolute atomic E-state index is 0.248. The highest BCUT2D eigenvalue weighted by atomic mass is 16.4. The molecule has 0 aromatic carbocycles. The first-order chi connectivity index (χ1) is 6.66. The molecule has 0 saturated heterocycles. The zero-order valence-electron chi connectivity index (χ0n) is 8.70. The second kappa shape index (κ2) is 3.41. The average molecular weight is 194 g/mol. The van der Waals surface area contributed by atoms with Crippen molar-refractivity contribution in [3.05, 3.63) is 12.2 Å². The number of aliphatic carboxylic acids is 1. The summed E-state index contributed by atoms with van der Waals surface area (Å²) in [5.41, 5.74) is 0.248. The van der Waals surface area contributed by atoms with Crippen molar-refractivity contribution in [1.82, 2.24) is 0 Å². The van der Waals surface area contributed by atoms with Crippen molar-refractivity contribution >= 4 is 5.97 Å². The molecule has 0 aromatic heterocycles. The van der Waals surface area contributed by atoms with Gasteiger partial charge in [-0.25, -0.2) is 0 Å². The van der Waals surface area contributed by atoms with Crippen molar-refractivity contribution in [3.63, 3.8) is 0 Å². The second-order valence-electron chi connectivity index (χ2n) is 4.80. The standard InChI is InChI=1S/C12H18O2/c1-2-10(7-11(13)14)12-5-3-9(8-12)4-6-12/h3,5,9-10H,2,4,6-8H2,1H3,(H,13,14). The fourth-order valence-corrected chi connectivity index (χ4v) is 3.26. The first kappa shape index (κ1) is 9.75. The fraction of sp³-hybridized carbons (Fsp3) is 0.750. The zero-order chi connectivity index (χ0) is 10.2. The third-order valence-electron chi connectivity index (χ3n) is 4.05. The summed E-state index contributed by atoms with van der Waals surface area (Å²) in [7, 11) is 0. The maximum atomic E-state index is 10.8. The van der Waals surface area contributed by atoms with Crippen molar-refractivity contribution in [2.24, 2.45) is 17.3 Å². The molecule has 0 heterocycles. The monoisotopic (exact) mass is 194 g/mol. The van der Waals surface area contributed by atoms with E-state index in [0.717, 1.165) is 12.3 Å². The van der Waals surface area contributed by atoms with Gasteiger partial charge in [-0.1, -0.05) is 25.5 Å². The molecule has 78 valence electrons. The van der Waals surface area contributed by atoms with Crippen LogP contribution in [0.1, 0.15) is 39.0 Å². The summed E-state index contributed by atoms with van der Waals surface area (Å²) >= 11 is 0. The van der Waals surface area contributed by atoms with Crippen LogP contribution in [0.2, 0.25) is 0 Å². The lowest BCUT2D eigenvalue weighted by molar-refractivity contribution is -0.139. The number of carbonyl (C=O) groups is 1. The van der Waals surface area contributed by atoms with Gasteiger partial charge in [-0.05, 0) is 36.5 Å². The molecular formula is C12H18O2. The van der Waals surface area contributed by atoms with E-state index in [0.29, 0.717) is 12.3 Å². The van der Waals surface area contributed by atoms with Crippen molar-refractivity contribution in [3.8, 4) is 0 Å². The molecule has 0 aliphatic heterocycles. The van der Waals surface area contributed by atoms with Gasteiger partial charge in [0.05, 0.1) is 0 Å². The zero-order valence-corrected chi connectivity index (χ0v) is 8.70.